The lowest BCUT2D eigenvalue weighted by Gasteiger charge is -2.22. The zero-order valence-electron chi connectivity index (χ0n) is 13.0. The second kappa shape index (κ2) is 7.20. The summed E-state index contributed by atoms with van der Waals surface area (Å²) in [7, 11) is 4.64. The summed E-state index contributed by atoms with van der Waals surface area (Å²) in [5.74, 6) is 1.45. The molecule has 1 amide bonds. The Morgan fingerprint density at radius 1 is 0.905 bits per heavy atom. The predicted molar refractivity (Wildman–Crippen MR) is 80.5 cm³/mol. The highest BCUT2D eigenvalue weighted by molar-refractivity contribution is 5.98. The van der Waals surface area contributed by atoms with Gasteiger partial charge in [-0.1, -0.05) is 12.8 Å². The smallest absolute Gasteiger partial charge is 0.257 e. The quantitative estimate of drug-likeness (QED) is 0.856. The normalized spacial score (nSPS) is 15.3. The van der Waals surface area contributed by atoms with Gasteiger partial charge in [0.15, 0.2) is 11.5 Å². The topological polar surface area (TPSA) is 48.0 Å². The molecule has 0 atom stereocenters. The van der Waals surface area contributed by atoms with Gasteiger partial charge < -0.3 is 19.1 Å². The maximum absolute atomic E-state index is 12.7. The van der Waals surface area contributed by atoms with Crippen molar-refractivity contribution in [3.8, 4) is 17.2 Å². The number of methoxy groups -OCH3 is 3. The zero-order chi connectivity index (χ0) is 15.2. The number of nitrogens with zero attached hydrogens (tertiary/aromatic N) is 1. The summed E-state index contributed by atoms with van der Waals surface area (Å²) >= 11 is 0. The molecule has 0 unspecified atom stereocenters. The standard InChI is InChI=1S/C16H23NO4/c1-19-13-9-8-12(14(20-2)15(13)21-3)16(18)17-10-6-4-5-7-11-17/h8-9H,4-7,10-11H2,1-3H3. The lowest BCUT2D eigenvalue weighted by atomic mass is 10.1. The lowest BCUT2D eigenvalue weighted by molar-refractivity contribution is 0.0757. The van der Waals surface area contributed by atoms with Crippen LogP contribution in [0.4, 0.5) is 0 Å². The summed E-state index contributed by atoms with van der Waals surface area (Å²) in [6.45, 7) is 1.60. The monoisotopic (exact) mass is 293 g/mol. The van der Waals surface area contributed by atoms with Gasteiger partial charge in [0.25, 0.3) is 5.91 Å². The fourth-order valence-electron chi connectivity index (χ4n) is 2.71. The molecule has 2 rings (SSSR count). The van der Waals surface area contributed by atoms with Crippen LogP contribution in [0.15, 0.2) is 12.1 Å². The third kappa shape index (κ3) is 3.23. The van der Waals surface area contributed by atoms with Gasteiger partial charge in [0.1, 0.15) is 0 Å². The summed E-state index contributed by atoms with van der Waals surface area (Å²) in [6.07, 6.45) is 4.49. The lowest BCUT2D eigenvalue weighted by Crippen LogP contribution is -2.32. The molecule has 21 heavy (non-hydrogen) atoms. The largest absolute Gasteiger partial charge is 0.493 e. The number of amides is 1. The average Bonchev–Trinajstić information content (AvgIpc) is 2.81. The molecule has 0 aliphatic carbocycles. The average molecular weight is 293 g/mol. The van der Waals surface area contributed by atoms with Gasteiger partial charge in [-0.2, -0.15) is 0 Å². The number of benzene rings is 1. The van der Waals surface area contributed by atoms with E-state index in [1.54, 1.807) is 26.4 Å². The number of carbonyl (C=O) groups is 1. The minimum Gasteiger partial charge on any atom is -0.493 e. The molecular weight excluding hydrogens is 270 g/mol. The number of hydrogen-bond acceptors (Lipinski definition) is 4. The van der Waals surface area contributed by atoms with Gasteiger partial charge in [-0.15, -0.1) is 0 Å². The van der Waals surface area contributed by atoms with Crippen LogP contribution in [0.1, 0.15) is 36.0 Å². The zero-order valence-corrected chi connectivity index (χ0v) is 13.0. The van der Waals surface area contributed by atoms with Crippen molar-refractivity contribution in [2.75, 3.05) is 34.4 Å². The molecule has 1 aliphatic rings. The molecule has 116 valence electrons. The van der Waals surface area contributed by atoms with Crippen molar-refractivity contribution in [2.24, 2.45) is 0 Å². The Bertz CT molecular complexity index is 493. The number of ether oxygens (including phenoxy) is 3. The van der Waals surface area contributed by atoms with Crippen molar-refractivity contribution in [1.29, 1.82) is 0 Å². The predicted octanol–water partition coefficient (Wildman–Crippen LogP) is 2.73. The van der Waals surface area contributed by atoms with Crippen LogP contribution in [0.25, 0.3) is 0 Å². The number of hydrogen-bond donors (Lipinski definition) is 0. The Hall–Kier alpha value is -1.91. The summed E-state index contributed by atoms with van der Waals surface area (Å²) in [6, 6.07) is 3.49. The van der Waals surface area contributed by atoms with E-state index in [1.165, 1.54) is 20.0 Å². The van der Waals surface area contributed by atoms with Crippen molar-refractivity contribution in [3.63, 3.8) is 0 Å². The molecule has 1 heterocycles. The van der Waals surface area contributed by atoms with E-state index >= 15 is 0 Å². The fraction of sp³-hybridized carbons (Fsp3) is 0.562. The summed E-state index contributed by atoms with van der Waals surface area (Å²) < 4.78 is 16.0. The van der Waals surface area contributed by atoms with Gasteiger partial charge in [-0.05, 0) is 25.0 Å². The third-order valence-corrected chi connectivity index (χ3v) is 3.83. The minimum absolute atomic E-state index is 0.00490. The molecule has 0 spiro atoms. The van der Waals surface area contributed by atoms with Crippen LogP contribution >= 0.6 is 0 Å². The first-order valence-electron chi connectivity index (χ1n) is 7.31. The molecule has 0 saturated carbocycles. The van der Waals surface area contributed by atoms with E-state index in [9.17, 15) is 4.79 Å². The van der Waals surface area contributed by atoms with Crippen molar-refractivity contribution < 1.29 is 19.0 Å². The first kappa shape index (κ1) is 15.5. The Morgan fingerprint density at radius 3 is 2.05 bits per heavy atom. The fourth-order valence-corrected chi connectivity index (χ4v) is 2.71. The van der Waals surface area contributed by atoms with E-state index in [4.69, 9.17) is 14.2 Å². The van der Waals surface area contributed by atoms with Crippen molar-refractivity contribution in [1.82, 2.24) is 4.90 Å². The van der Waals surface area contributed by atoms with Crippen LogP contribution in [-0.4, -0.2) is 45.2 Å². The van der Waals surface area contributed by atoms with E-state index in [0.717, 1.165) is 25.9 Å². The van der Waals surface area contributed by atoms with E-state index in [2.05, 4.69) is 0 Å². The van der Waals surface area contributed by atoms with Crippen LogP contribution in [0, 0.1) is 0 Å². The van der Waals surface area contributed by atoms with Crippen molar-refractivity contribution in [2.45, 2.75) is 25.7 Å². The summed E-state index contributed by atoms with van der Waals surface area (Å²) in [5.41, 5.74) is 0.525. The van der Waals surface area contributed by atoms with Crippen LogP contribution in [0.3, 0.4) is 0 Å². The Labute approximate surface area is 125 Å². The second-order valence-corrected chi connectivity index (χ2v) is 5.09. The van der Waals surface area contributed by atoms with Crippen LogP contribution in [0.2, 0.25) is 0 Å². The van der Waals surface area contributed by atoms with Gasteiger partial charge in [-0.25, -0.2) is 0 Å². The number of likely N-dealkylation sites (tertiary alicyclic amines) is 1. The highest BCUT2D eigenvalue weighted by Crippen LogP contribution is 2.40. The highest BCUT2D eigenvalue weighted by atomic mass is 16.5. The second-order valence-electron chi connectivity index (χ2n) is 5.09. The van der Waals surface area contributed by atoms with Gasteiger partial charge in [0.2, 0.25) is 5.75 Å². The van der Waals surface area contributed by atoms with Crippen molar-refractivity contribution in [3.05, 3.63) is 17.7 Å². The molecule has 0 aromatic heterocycles. The van der Waals surface area contributed by atoms with Crippen LogP contribution in [0.5, 0.6) is 17.2 Å². The van der Waals surface area contributed by atoms with E-state index in [-0.39, 0.29) is 5.91 Å². The van der Waals surface area contributed by atoms with Crippen LogP contribution in [-0.2, 0) is 0 Å². The number of rotatable bonds is 4. The molecular formula is C16H23NO4. The maximum Gasteiger partial charge on any atom is 0.257 e. The molecule has 0 N–H and O–H groups in total. The van der Waals surface area contributed by atoms with E-state index in [0.29, 0.717) is 22.8 Å². The van der Waals surface area contributed by atoms with Gasteiger partial charge in [0, 0.05) is 13.1 Å². The van der Waals surface area contributed by atoms with Gasteiger partial charge in [0.05, 0.1) is 26.9 Å². The number of carbonyl (C=O) groups excluding carboxylic acids is 1. The van der Waals surface area contributed by atoms with Gasteiger partial charge >= 0.3 is 0 Å². The molecule has 5 heteroatoms. The molecule has 5 nitrogen and oxygen atoms in total. The summed E-state index contributed by atoms with van der Waals surface area (Å²) in [4.78, 5) is 14.6. The molecule has 0 radical (unpaired) electrons. The Kier molecular flexibility index (Phi) is 5.31. The van der Waals surface area contributed by atoms with Gasteiger partial charge in [-0.3, -0.25) is 4.79 Å². The molecule has 1 aromatic carbocycles. The Balaban J connectivity index is 2.35. The van der Waals surface area contributed by atoms with Crippen LogP contribution < -0.4 is 14.2 Å². The highest BCUT2D eigenvalue weighted by Gasteiger charge is 2.24. The van der Waals surface area contributed by atoms with Crippen molar-refractivity contribution >= 4 is 5.91 Å². The van der Waals surface area contributed by atoms with E-state index in [1.807, 2.05) is 4.90 Å². The molecule has 1 fully saturated rings. The third-order valence-electron chi connectivity index (χ3n) is 3.83. The SMILES string of the molecule is COc1ccc(C(=O)N2CCCCCC2)c(OC)c1OC. The molecule has 1 saturated heterocycles. The minimum atomic E-state index is -0.00490. The molecule has 1 aromatic rings. The first-order chi connectivity index (χ1) is 10.2. The Morgan fingerprint density at radius 2 is 1.52 bits per heavy atom. The maximum atomic E-state index is 12.7. The molecule has 0 bridgehead atoms. The summed E-state index contributed by atoms with van der Waals surface area (Å²) in [5, 5.41) is 0. The molecule has 1 aliphatic heterocycles. The van der Waals surface area contributed by atoms with E-state index < -0.39 is 0 Å². The first-order valence-corrected chi connectivity index (χ1v) is 7.31.